The number of carbonyl (C=O) groups is 1. The average molecular weight is 254 g/mol. The van der Waals surface area contributed by atoms with Crippen molar-refractivity contribution < 1.29 is 13.2 Å². The zero-order valence-electron chi connectivity index (χ0n) is 9.67. The molecule has 0 spiro atoms. The van der Waals surface area contributed by atoms with Gasteiger partial charge >= 0.3 is 0 Å². The van der Waals surface area contributed by atoms with Crippen LogP contribution in [0.1, 0.15) is 13.3 Å². The van der Waals surface area contributed by atoms with Crippen molar-refractivity contribution in [2.24, 2.45) is 11.8 Å². The lowest BCUT2D eigenvalue weighted by atomic mass is 10.3. The molecule has 6 heteroatoms. The van der Waals surface area contributed by atoms with Crippen molar-refractivity contribution in [1.82, 2.24) is 4.98 Å². The third-order valence-corrected chi connectivity index (χ3v) is 3.83. The van der Waals surface area contributed by atoms with Crippen LogP contribution in [0.5, 0.6) is 0 Å². The summed E-state index contributed by atoms with van der Waals surface area (Å²) in [4.78, 5) is 15.4. The van der Waals surface area contributed by atoms with Crippen LogP contribution in [0.25, 0.3) is 0 Å². The lowest BCUT2D eigenvalue weighted by Gasteiger charge is -2.04. The Bertz CT molecular complexity index is 536. The number of hydrogen-bond acceptors (Lipinski definition) is 4. The molecule has 92 valence electrons. The van der Waals surface area contributed by atoms with Gasteiger partial charge in [-0.05, 0) is 24.5 Å². The minimum absolute atomic E-state index is 0.00953. The normalized spacial score (nSPS) is 23.2. The fourth-order valence-corrected chi connectivity index (χ4v) is 2.16. The van der Waals surface area contributed by atoms with Crippen molar-refractivity contribution in [2.75, 3.05) is 11.6 Å². The van der Waals surface area contributed by atoms with Crippen LogP contribution in [0.4, 0.5) is 5.69 Å². The molecule has 1 amide bonds. The lowest BCUT2D eigenvalue weighted by molar-refractivity contribution is -0.117. The van der Waals surface area contributed by atoms with E-state index in [9.17, 15) is 13.2 Å². The standard InChI is InChI=1S/C11H14N2O3S/c1-7-5-9(7)11(14)13-8-3-4-10(12-6-8)17(2,15)16/h3-4,6-7,9H,5H2,1-2H3,(H,13,14)/t7-,9-/m1/s1. The number of rotatable bonds is 3. The van der Waals surface area contributed by atoms with E-state index in [1.807, 2.05) is 6.92 Å². The fraction of sp³-hybridized carbons (Fsp3) is 0.455. The molecule has 0 saturated heterocycles. The van der Waals surface area contributed by atoms with Crippen LogP contribution in [-0.2, 0) is 14.6 Å². The fourth-order valence-electron chi connectivity index (χ4n) is 1.60. The number of aromatic nitrogens is 1. The van der Waals surface area contributed by atoms with Gasteiger partial charge in [0.15, 0.2) is 14.9 Å². The monoisotopic (exact) mass is 254 g/mol. The summed E-state index contributed by atoms with van der Waals surface area (Å²) in [6.45, 7) is 2.02. The van der Waals surface area contributed by atoms with E-state index in [1.165, 1.54) is 12.3 Å². The Balaban J connectivity index is 2.06. The van der Waals surface area contributed by atoms with Gasteiger partial charge in [-0.2, -0.15) is 0 Å². The number of carbonyl (C=O) groups excluding carboxylic acids is 1. The number of hydrogen-bond donors (Lipinski definition) is 1. The second-order valence-corrected chi connectivity index (χ2v) is 6.43. The molecule has 1 aromatic heterocycles. The maximum atomic E-state index is 11.6. The molecule has 2 rings (SSSR count). The van der Waals surface area contributed by atoms with E-state index in [0.29, 0.717) is 11.6 Å². The predicted octanol–water partition coefficient (Wildman–Crippen LogP) is 1.08. The molecule has 1 aromatic rings. The van der Waals surface area contributed by atoms with E-state index < -0.39 is 9.84 Å². The molecule has 17 heavy (non-hydrogen) atoms. The van der Waals surface area contributed by atoms with Gasteiger partial charge in [-0.25, -0.2) is 13.4 Å². The van der Waals surface area contributed by atoms with Crippen molar-refractivity contribution >= 4 is 21.4 Å². The first-order valence-corrected chi connectivity index (χ1v) is 7.24. The molecule has 2 atom stereocenters. The van der Waals surface area contributed by atoms with Crippen LogP contribution >= 0.6 is 0 Å². The van der Waals surface area contributed by atoms with Gasteiger partial charge in [0.25, 0.3) is 0 Å². The highest BCUT2D eigenvalue weighted by atomic mass is 32.2. The zero-order valence-corrected chi connectivity index (χ0v) is 10.5. The molecule has 0 aromatic carbocycles. The van der Waals surface area contributed by atoms with E-state index >= 15 is 0 Å². The lowest BCUT2D eigenvalue weighted by Crippen LogP contribution is -2.14. The minimum Gasteiger partial charge on any atom is -0.324 e. The van der Waals surface area contributed by atoms with Gasteiger partial charge in [-0.15, -0.1) is 0 Å². The van der Waals surface area contributed by atoms with Gasteiger partial charge in [-0.3, -0.25) is 4.79 Å². The minimum atomic E-state index is -3.28. The first-order chi connectivity index (χ1) is 7.88. The number of nitrogens with one attached hydrogen (secondary N) is 1. The number of nitrogens with zero attached hydrogens (tertiary/aromatic N) is 1. The maximum Gasteiger partial charge on any atom is 0.227 e. The highest BCUT2D eigenvalue weighted by molar-refractivity contribution is 7.90. The average Bonchev–Trinajstić information content (AvgIpc) is 2.95. The predicted molar refractivity (Wildman–Crippen MR) is 63.2 cm³/mol. The second kappa shape index (κ2) is 4.10. The Morgan fingerprint density at radius 2 is 2.12 bits per heavy atom. The van der Waals surface area contributed by atoms with Gasteiger partial charge in [0.1, 0.15) is 0 Å². The molecule has 1 aliphatic carbocycles. The van der Waals surface area contributed by atoms with Crippen LogP contribution in [0.15, 0.2) is 23.4 Å². The molecule has 5 nitrogen and oxygen atoms in total. The molecule has 1 N–H and O–H groups in total. The quantitative estimate of drug-likeness (QED) is 0.875. The smallest absolute Gasteiger partial charge is 0.227 e. The molecule has 1 fully saturated rings. The van der Waals surface area contributed by atoms with Gasteiger partial charge in [-0.1, -0.05) is 6.92 Å². The van der Waals surface area contributed by atoms with Crippen LogP contribution in [-0.4, -0.2) is 25.6 Å². The Labute approximate surface area is 100 Å². The summed E-state index contributed by atoms with van der Waals surface area (Å²) in [6, 6.07) is 2.94. The van der Waals surface area contributed by atoms with Crippen LogP contribution in [0, 0.1) is 11.8 Å². The van der Waals surface area contributed by atoms with Gasteiger partial charge in [0.2, 0.25) is 5.91 Å². The largest absolute Gasteiger partial charge is 0.324 e. The molecule has 1 saturated carbocycles. The van der Waals surface area contributed by atoms with E-state index in [-0.39, 0.29) is 16.9 Å². The summed E-state index contributed by atoms with van der Waals surface area (Å²) in [5, 5.41) is 2.73. The van der Waals surface area contributed by atoms with Gasteiger partial charge in [0, 0.05) is 12.2 Å². The molecule has 0 bridgehead atoms. The number of amides is 1. The van der Waals surface area contributed by atoms with Gasteiger partial charge in [0.05, 0.1) is 11.9 Å². The molecule has 1 heterocycles. The third kappa shape index (κ3) is 2.82. The number of anilines is 1. The SMILES string of the molecule is C[C@@H]1C[C@H]1C(=O)Nc1ccc(S(C)(=O)=O)nc1. The van der Waals surface area contributed by atoms with Crippen molar-refractivity contribution in [3.05, 3.63) is 18.3 Å². The highest BCUT2D eigenvalue weighted by Gasteiger charge is 2.39. The van der Waals surface area contributed by atoms with Crippen molar-refractivity contribution in [3.63, 3.8) is 0 Å². The molecule has 0 aliphatic heterocycles. The molecular weight excluding hydrogens is 240 g/mol. The Morgan fingerprint density at radius 3 is 2.53 bits per heavy atom. The third-order valence-electron chi connectivity index (χ3n) is 2.83. The first-order valence-electron chi connectivity index (χ1n) is 5.35. The Kier molecular flexibility index (Phi) is 2.91. The van der Waals surface area contributed by atoms with Crippen molar-refractivity contribution in [3.8, 4) is 0 Å². The molecular formula is C11H14N2O3S. The van der Waals surface area contributed by atoms with Gasteiger partial charge < -0.3 is 5.32 Å². The van der Waals surface area contributed by atoms with Crippen LogP contribution < -0.4 is 5.32 Å². The Morgan fingerprint density at radius 1 is 1.47 bits per heavy atom. The summed E-state index contributed by atoms with van der Waals surface area (Å²) in [6.07, 6.45) is 3.38. The molecule has 0 radical (unpaired) electrons. The van der Waals surface area contributed by atoms with Crippen molar-refractivity contribution in [1.29, 1.82) is 0 Å². The molecule has 1 aliphatic rings. The maximum absolute atomic E-state index is 11.6. The van der Waals surface area contributed by atoms with E-state index in [1.54, 1.807) is 6.07 Å². The molecule has 0 unspecified atom stereocenters. The summed E-state index contributed by atoms with van der Waals surface area (Å²) in [5.41, 5.74) is 0.529. The Hall–Kier alpha value is -1.43. The van der Waals surface area contributed by atoms with E-state index in [4.69, 9.17) is 0 Å². The topological polar surface area (TPSA) is 76.1 Å². The van der Waals surface area contributed by atoms with Crippen LogP contribution in [0.3, 0.4) is 0 Å². The second-order valence-electron chi connectivity index (χ2n) is 4.47. The van der Waals surface area contributed by atoms with E-state index in [0.717, 1.165) is 12.7 Å². The summed E-state index contributed by atoms with van der Waals surface area (Å²) in [5.74, 6) is 0.509. The first kappa shape index (κ1) is 12.0. The number of pyridine rings is 1. The summed E-state index contributed by atoms with van der Waals surface area (Å²) < 4.78 is 22.4. The summed E-state index contributed by atoms with van der Waals surface area (Å²) in [7, 11) is -3.28. The van der Waals surface area contributed by atoms with E-state index in [2.05, 4.69) is 10.3 Å². The van der Waals surface area contributed by atoms with Crippen molar-refractivity contribution in [2.45, 2.75) is 18.4 Å². The highest BCUT2D eigenvalue weighted by Crippen LogP contribution is 2.38. The number of sulfone groups is 1. The van der Waals surface area contributed by atoms with Crippen LogP contribution in [0.2, 0.25) is 0 Å². The summed E-state index contributed by atoms with van der Waals surface area (Å²) >= 11 is 0. The zero-order chi connectivity index (χ0) is 12.6.